The number of amides is 1. The molecule has 4 rings (SSSR count). The van der Waals surface area contributed by atoms with Gasteiger partial charge in [0, 0.05) is 19.1 Å². The molecule has 11 heteroatoms. The second kappa shape index (κ2) is 10.1. The Morgan fingerprint density at radius 2 is 2.09 bits per heavy atom. The van der Waals surface area contributed by atoms with Crippen molar-refractivity contribution in [1.82, 2.24) is 14.9 Å². The van der Waals surface area contributed by atoms with Crippen molar-refractivity contribution in [3.05, 3.63) is 55.1 Å². The lowest BCUT2D eigenvalue weighted by Gasteiger charge is -2.35. The molecule has 3 aromatic rings. The summed E-state index contributed by atoms with van der Waals surface area (Å²) in [6.45, 7) is 6.67. The summed E-state index contributed by atoms with van der Waals surface area (Å²) in [4.78, 5) is 32.7. The van der Waals surface area contributed by atoms with Crippen LogP contribution in [0.2, 0.25) is 9.36 Å². The number of nitrogens with one attached hydrogen (secondary N) is 1. The third-order valence-corrected chi connectivity index (χ3v) is 7.52. The van der Waals surface area contributed by atoms with Gasteiger partial charge < -0.3 is 15.0 Å². The van der Waals surface area contributed by atoms with Crippen LogP contribution in [-0.2, 0) is 11.3 Å². The van der Waals surface area contributed by atoms with Gasteiger partial charge in [0.25, 0.3) is 5.56 Å². The van der Waals surface area contributed by atoms with Crippen molar-refractivity contribution in [2.75, 3.05) is 18.0 Å². The highest BCUT2D eigenvalue weighted by atomic mass is 35.5. The van der Waals surface area contributed by atoms with Crippen LogP contribution in [0.4, 0.5) is 10.7 Å². The molecule has 35 heavy (non-hydrogen) atoms. The summed E-state index contributed by atoms with van der Waals surface area (Å²) in [5.74, 6) is 0.419. The fourth-order valence-corrected chi connectivity index (χ4v) is 5.50. The number of ether oxygens (including phenoxy) is 1. The minimum Gasteiger partial charge on any atom is -0.444 e. The Hall–Kier alpha value is -2.80. The quantitative estimate of drug-likeness (QED) is 0.495. The first-order chi connectivity index (χ1) is 16.6. The number of hydrogen-bond donors (Lipinski definition) is 1. The molecule has 1 amide bonds. The number of nitrogens with zero attached hydrogens (tertiary/aromatic N) is 4. The van der Waals surface area contributed by atoms with E-state index in [9.17, 15) is 14.9 Å². The van der Waals surface area contributed by atoms with Gasteiger partial charge in [-0.25, -0.2) is 9.78 Å². The first kappa shape index (κ1) is 25.3. The van der Waals surface area contributed by atoms with E-state index in [0.29, 0.717) is 44.7 Å². The van der Waals surface area contributed by atoms with E-state index in [2.05, 4.69) is 11.4 Å². The molecule has 1 saturated heterocycles. The zero-order chi connectivity index (χ0) is 25.3. The van der Waals surface area contributed by atoms with E-state index in [4.69, 9.17) is 32.9 Å². The van der Waals surface area contributed by atoms with Crippen molar-refractivity contribution >= 4 is 56.8 Å². The number of rotatable bonds is 4. The number of aromatic nitrogens is 2. The van der Waals surface area contributed by atoms with E-state index < -0.39 is 11.7 Å². The molecular weight excluding hydrogens is 509 g/mol. The molecule has 1 aromatic carbocycles. The molecule has 1 fully saturated rings. The van der Waals surface area contributed by atoms with Crippen molar-refractivity contribution < 1.29 is 9.53 Å². The third kappa shape index (κ3) is 5.56. The molecule has 0 spiro atoms. The number of nitriles is 1. The Morgan fingerprint density at radius 3 is 2.80 bits per heavy atom. The smallest absolute Gasteiger partial charge is 0.407 e. The Kier molecular flexibility index (Phi) is 7.27. The van der Waals surface area contributed by atoms with Crippen molar-refractivity contribution in [3.8, 4) is 6.07 Å². The van der Waals surface area contributed by atoms with E-state index in [1.54, 1.807) is 16.7 Å². The SMILES string of the molecule is CC(C)(C)OC(=O)NC1CCCN(c2nc3c(Cl)c(Cl)sc3c(=O)n2Cc2ccccc2C#N)C1. The molecule has 184 valence electrons. The fraction of sp³-hybridized carbons (Fsp3) is 0.417. The van der Waals surface area contributed by atoms with Crippen molar-refractivity contribution in [2.45, 2.75) is 51.8 Å². The molecule has 0 radical (unpaired) electrons. The van der Waals surface area contributed by atoms with E-state index >= 15 is 0 Å². The first-order valence-corrected chi connectivity index (χ1v) is 12.8. The highest BCUT2D eigenvalue weighted by molar-refractivity contribution is 7.23. The maximum Gasteiger partial charge on any atom is 0.407 e. The summed E-state index contributed by atoms with van der Waals surface area (Å²) in [5.41, 5.74) is 0.659. The van der Waals surface area contributed by atoms with Crippen LogP contribution in [0, 0.1) is 11.3 Å². The third-order valence-electron chi connectivity index (χ3n) is 5.57. The molecule has 1 aliphatic heterocycles. The molecule has 0 saturated carbocycles. The van der Waals surface area contributed by atoms with Gasteiger partial charge in [-0.3, -0.25) is 9.36 Å². The molecule has 1 atom stereocenters. The van der Waals surface area contributed by atoms with Crippen molar-refractivity contribution in [3.63, 3.8) is 0 Å². The number of halogens is 2. The summed E-state index contributed by atoms with van der Waals surface area (Å²) < 4.78 is 7.62. The van der Waals surface area contributed by atoms with Crippen LogP contribution >= 0.6 is 34.5 Å². The predicted molar refractivity (Wildman–Crippen MR) is 139 cm³/mol. The second-order valence-corrected chi connectivity index (χ2v) is 11.4. The van der Waals surface area contributed by atoms with Crippen LogP contribution in [0.1, 0.15) is 44.7 Å². The summed E-state index contributed by atoms with van der Waals surface area (Å²) in [6, 6.07) is 9.13. The van der Waals surface area contributed by atoms with E-state index in [1.807, 2.05) is 37.8 Å². The van der Waals surface area contributed by atoms with Crippen molar-refractivity contribution in [1.29, 1.82) is 5.26 Å². The summed E-state index contributed by atoms with van der Waals surface area (Å²) in [5, 5.41) is 12.7. The van der Waals surface area contributed by atoms with Gasteiger partial charge >= 0.3 is 6.09 Å². The largest absolute Gasteiger partial charge is 0.444 e. The average Bonchev–Trinajstić information content (AvgIpc) is 3.08. The van der Waals surface area contributed by atoms with Crippen LogP contribution in [0.25, 0.3) is 10.2 Å². The Labute approximate surface area is 217 Å². The monoisotopic (exact) mass is 533 g/mol. The predicted octanol–water partition coefficient (Wildman–Crippen LogP) is 5.18. The topological polar surface area (TPSA) is 100 Å². The van der Waals surface area contributed by atoms with Crippen molar-refractivity contribution in [2.24, 2.45) is 0 Å². The van der Waals surface area contributed by atoms with Gasteiger partial charge in [-0.05, 0) is 45.2 Å². The number of benzene rings is 1. The van der Waals surface area contributed by atoms with Gasteiger partial charge in [0.2, 0.25) is 5.95 Å². The Morgan fingerprint density at radius 1 is 1.34 bits per heavy atom. The lowest BCUT2D eigenvalue weighted by molar-refractivity contribution is 0.0499. The zero-order valence-corrected chi connectivity index (χ0v) is 21.9. The minimum absolute atomic E-state index is 0.161. The number of thiophene rings is 1. The van der Waals surface area contributed by atoms with Gasteiger partial charge in [-0.15, -0.1) is 11.3 Å². The van der Waals surface area contributed by atoms with Gasteiger partial charge in [0.1, 0.15) is 20.2 Å². The molecule has 1 aliphatic rings. The molecule has 0 aliphatic carbocycles. The number of fused-ring (bicyclic) bond motifs is 1. The van der Waals surface area contributed by atoms with E-state index in [-0.39, 0.29) is 23.2 Å². The minimum atomic E-state index is -0.603. The molecule has 3 heterocycles. The summed E-state index contributed by atoms with van der Waals surface area (Å²) >= 11 is 13.7. The summed E-state index contributed by atoms with van der Waals surface area (Å²) in [7, 11) is 0. The fourth-order valence-electron chi connectivity index (χ4n) is 4.07. The molecule has 2 aromatic heterocycles. The molecule has 1 unspecified atom stereocenters. The number of hydrogen-bond acceptors (Lipinski definition) is 7. The van der Waals surface area contributed by atoms with E-state index in [1.165, 1.54) is 0 Å². The zero-order valence-electron chi connectivity index (χ0n) is 19.6. The van der Waals surface area contributed by atoms with Crippen LogP contribution in [0.3, 0.4) is 0 Å². The summed E-state index contributed by atoms with van der Waals surface area (Å²) in [6.07, 6.45) is 1.06. The Balaban J connectivity index is 1.73. The van der Waals surface area contributed by atoms with E-state index in [0.717, 1.165) is 24.2 Å². The molecule has 8 nitrogen and oxygen atoms in total. The van der Waals surface area contributed by atoms with Crippen LogP contribution in [0.5, 0.6) is 0 Å². The van der Waals surface area contributed by atoms with Gasteiger partial charge in [0.05, 0.1) is 23.2 Å². The maximum atomic E-state index is 13.6. The van der Waals surface area contributed by atoms with Gasteiger partial charge in [-0.1, -0.05) is 41.4 Å². The molecule has 0 bridgehead atoms. The molecule has 1 N–H and O–H groups in total. The Bertz CT molecular complexity index is 1370. The standard InChI is InChI=1S/C24H25Cl2N5O3S/c1-24(2,3)34-23(33)28-16-9-6-10-30(13-16)22-29-18-17(25)20(26)35-19(18)21(32)31(22)12-15-8-5-4-7-14(15)11-27/h4-5,7-8,16H,6,9-10,12-13H2,1-3H3,(H,28,33). The van der Waals surface area contributed by atoms with Crippen LogP contribution < -0.4 is 15.8 Å². The normalized spacial score (nSPS) is 16.2. The average molecular weight is 534 g/mol. The number of piperidine rings is 1. The number of anilines is 1. The highest BCUT2D eigenvalue weighted by Crippen LogP contribution is 2.37. The lowest BCUT2D eigenvalue weighted by atomic mass is 10.1. The number of carbonyl (C=O) groups is 1. The van der Waals surface area contributed by atoms with Crippen LogP contribution in [-0.4, -0.2) is 40.4 Å². The maximum absolute atomic E-state index is 13.6. The van der Waals surface area contributed by atoms with Gasteiger partial charge in [-0.2, -0.15) is 5.26 Å². The highest BCUT2D eigenvalue weighted by Gasteiger charge is 2.28. The lowest BCUT2D eigenvalue weighted by Crippen LogP contribution is -2.50. The van der Waals surface area contributed by atoms with Crippen LogP contribution in [0.15, 0.2) is 29.1 Å². The first-order valence-electron chi connectivity index (χ1n) is 11.2. The number of carbonyl (C=O) groups excluding carboxylic acids is 1. The number of alkyl carbamates (subject to hydrolysis) is 1. The molecular formula is C24H25Cl2N5O3S. The van der Waals surface area contributed by atoms with Gasteiger partial charge in [0.15, 0.2) is 0 Å². The second-order valence-electron chi connectivity index (χ2n) is 9.37.